The number of benzene rings is 1. The van der Waals surface area contributed by atoms with Crippen LogP contribution in [-0.2, 0) is 6.54 Å². The van der Waals surface area contributed by atoms with Crippen molar-refractivity contribution in [3.63, 3.8) is 0 Å². The van der Waals surface area contributed by atoms with Gasteiger partial charge in [-0.25, -0.2) is 0 Å². The normalized spacial score (nSPS) is 10.7. The molecular weight excluding hydrogens is 244 g/mol. The van der Waals surface area contributed by atoms with Gasteiger partial charge in [0.2, 0.25) is 0 Å². The van der Waals surface area contributed by atoms with Gasteiger partial charge in [-0.2, -0.15) is 0 Å². The number of halogens is 1. The van der Waals surface area contributed by atoms with E-state index in [1.807, 2.05) is 0 Å². The molecule has 2 nitrogen and oxygen atoms in total. The van der Waals surface area contributed by atoms with Gasteiger partial charge in [-0.1, -0.05) is 49.7 Å². The van der Waals surface area contributed by atoms with Gasteiger partial charge in [-0.3, -0.25) is 4.98 Å². The number of aromatic nitrogens is 1. The van der Waals surface area contributed by atoms with Crippen molar-refractivity contribution in [3.05, 3.63) is 58.9 Å². The Labute approximate surface area is 113 Å². The zero-order valence-corrected chi connectivity index (χ0v) is 11.4. The highest BCUT2D eigenvalue weighted by Crippen LogP contribution is 2.20. The third-order valence-corrected chi connectivity index (χ3v) is 3.23. The molecule has 94 valence electrons. The highest BCUT2D eigenvalue weighted by Gasteiger charge is 2.01. The van der Waals surface area contributed by atoms with E-state index in [0.29, 0.717) is 10.9 Å². The summed E-state index contributed by atoms with van der Waals surface area (Å²) in [5.74, 6) is 0.569. The maximum Gasteiger partial charge on any atom is 0.0718 e. The van der Waals surface area contributed by atoms with E-state index < -0.39 is 0 Å². The van der Waals surface area contributed by atoms with Crippen LogP contribution >= 0.6 is 11.6 Å². The summed E-state index contributed by atoms with van der Waals surface area (Å²) >= 11 is 6.05. The lowest BCUT2D eigenvalue weighted by Crippen LogP contribution is -2.00. The molecule has 0 radical (unpaired) electrons. The predicted octanol–water partition coefficient (Wildman–Crippen LogP) is 4.47. The van der Waals surface area contributed by atoms with Crippen LogP contribution in [0, 0.1) is 0 Å². The van der Waals surface area contributed by atoms with Crippen LogP contribution in [0.2, 0.25) is 5.02 Å². The molecule has 0 saturated heterocycles. The van der Waals surface area contributed by atoms with E-state index in [-0.39, 0.29) is 0 Å². The summed E-state index contributed by atoms with van der Waals surface area (Å²) in [6.07, 6.45) is 3.43. The largest absolute Gasteiger partial charge is 0.379 e. The molecule has 1 heterocycles. The molecule has 2 rings (SSSR count). The molecule has 0 bridgehead atoms. The summed E-state index contributed by atoms with van der Waals surface area (Å²) in [7, 11) is 0. The summed E-state index contributed by atoms with van der Waals surface area (Å²) in [6.45, 7) is 5.15. The van der Waals surface area contributed by atoms with E-state index in [0.717, 1.165) is 12.2 Å². The second-order valence-corrected chi connectivity index (χ2v) is 5.01. The second-order valence-electron chi connectivity index (χ2n) is 4.61. The minimum Gasteiger partial charge on any atom is -0.379 e. The van der Waals surface area contributed by atoms with Gasteiger partial charge in [0.1, 0.15) is 0 Å². The first kappa shape index (κ1) is 12.9. The van der Waals surface area contributed by atoms with Crippen molar-refractivity contribution < 1.29 is 0 Å². The number of hydrogen-bond donors (Lipinski definition) is 1. The Balaban J connectivity index is 2.00. The van der Waals surface area contributed by atoms with Crippen LogP contribution in [0.5, 0.6) is 0 Å². The first-order valence-electron chi connectivity index (χ1n) is 6.09. The van der Waals surface area contributed by atoms with Crippen LogP contribution in [0.3, 0.4) is 0 Å². The van der Waals surface area contributed by atoms with Crippen molar-refractivity contribution in [1.82, 2.24) is 4.98 Å². The van der Waals surface area contributed by atoms with E-state index in [1.54, 1.807) is 18.5 Å². The Morgan fingerprint density at radius 1 is 1.17 bits per heavy atom. The summed E-state index contributed by atoms with van der Waals surface area (Å²) in [5.41, 5.74) is 3.46. The minimum atomic E-state index is 0.569. The maximum absolute atomic E-state index is 6.05. The Bertz CT molecular complexity index is 506. The highest BCUT2D eigenvalue weighted by molar-refractivity contribution is 6.33. The number of hydrogen-bond acceptors (Lipinski definition) is 2. The Morgan fingerprint density at radius 3 is 2.50 bits per heavy atom. The molecule has 1 aromatic carbocycles. The zero-order valence-electron chi connectivity index (χ0n) is 10.7. The van der Waals surface area contributed by atoms with E-state index in [2.05, 4.69) is 48.4 Å². The van der Waals surface area contributed by atoms with Crippen LogP contribution in [0.25, 0.3) is 0 Å². The lowest BCUT2D eigenvalue weighted by Gasteiger charge is -2.09. The Hall–Kier alpha value is -1.54. The predicted molar refractivity (Wildman–Crippen MR) is 77.1 cm³/mol. The molecular formula is C15H17ClN2. The van der Waals surface area contributed by atoms with E-state index in [9.17, 15) is 0 Å². The standard InChI is InChI=1S/C15H17ClN2/c1-11(2)13-5-3-12(4-6-13)9-18-15-10-17-8-7-14(15)16/h3-8,10-11,18H,9H2,1-2H3. The first-order valence-corrected chi connectivity index (χ1v) is 6.47. The number of rotatable bonds is 4. The molecule has 0 aliphatic carbocycles. The maximum atomic E-state index is 6.05. The van der Waals surface area contributed by atoms with E-state index in [1.165, 1.54) is 11.1 Å². The van der Waals surface area contributed by atoms with Crippen molar-refractivity contribution in [2.45, 2.75) is 26.3 Å². The molecule has 0 spiro atoms. The third kappa shape index (κ3) is 3.23. The quantitative estimate of drug-likeness (QED) is 0.877. The van der Waals surface area contributed by atoms with Gasteiger partial charge >= 0.3 is 0 Å². The van der Waals surface area contributed by atoms with Gasteiger partial charge in [0.25, 0.3) is 0 Å². The van der Waals surface area contributed by atoms with Gasteiger partial charge in [0, 0.05) is 12.7 Å². The van der Waals surface area contributed by atoms with Crippen LogP contribution in [0.1, 0.15) is 30.9 Å². The summed E-state index contributed by atoms with van der Waals surface area (Å²) in [4.78, 5) is 4.05. The lowest BCUT2D eigenvalue weighted by atomic mass is 10.0. The summed E-state index contributed by atoms with van der Waals surface area (Å²) < 4.78 is 0. The van der Waals surface area contributed by atoms with Crippen LogP contribution in [0.4, 0.5) is 5.69 Å². The van der Waals surface area contributed by atoms with Crippen molar-refractivity contribution in [1.29, 1.82) is 0 Å². The van der Waals surface area contributed by atoms with Gasteiger partial charge in [0.05, 0.1) is 16.9 Å². The number of nitrogens with zero attached hydrogens (tertiary/aromatic N) is 1. The van der Waals surface area contributed by atoms with Crippen molar-refractivity contribution >= 4 is 17.3 Å². The second kappa shape index (κ2) is 5.87. The summed E-state index contributed by atoms with van der Waals surface area (Å²) in [5, 5.41) is 3.98. The average Bonchev–Trinajstić information content (AvgIpc) is 2.38. The number of anilines is 1. The smallest absolute Gasteiger partial charge is 0.0718 e. The third-order valence-electron chi connectivity index (χ3n) is 2.90. The molecule has 18 heavy (non-hydrogen) atoms. The van der Waals surface area contributed by atoms with E-state index >= 15 is 0 Å². The molecule has 1 N–H and O–H groups in total. The van der Waals surface area contributed by atoms with Gasteiger partial charge in [0.15, 0.2) is 0 Å². The van der Waals surface area contributed by atoms with Gasteiger partial charge in [-0.05, 0) is 23.1 Å². The Morgan fingerprint density at radius 2 is 1.89 bits per heavy atom. The average molecular weight is 261 g/mol. The fourth-order valence-corrected chi connectivity index (χ4v) is 1.90. The fraction of sp³-hybridized carbons (Fsp3) is 0.267. The zero-order chi connectivity index (χ0) is 13.0. The van der Waals surface area contributed by atoms with Gasteiger partial charge in [-0.15, -0.1) is 0 Å². The first-order chi connectivity index (χ1) is 8.66. The number of nitrogens with one attached hydrogen (secondary N) is 1. The van der Waals surface area contributed by atoms with Crippen molar-refractivity contribution in [2.24, 2.45) is 0 Å². The molecule has 1 aromatic heterocycles. The molecule has 3 heteroatoms. The molecule has 0 saturated carbocycles. The Kier molecular flexibility index (Phi) is 4.21. The van der Waals surface area contributed by atoms with Crippen LogP contribution in [0.15, 0.2) is 42.7 Å². The molecule has 0 amide bonds. The number of pyridine rings is 1. The minimum absolute atomic E-state index is 0.569. The van der Waals surface area contributed by atoms with Crippen LogP contribution in [-0.4, -0.2) is 4.98 Å². The fourth-order valence-electron chi connectivity index (χ4n) is 1.73. The van der Waals surface area contributed by atoms with Crippen molar-refractivity contribution in [3.8, 4) is 0 Å². The molecule has 0 aliphatic rings. The summed E-state index contributed by atoms with van der Waals surface area (Å²) in [6, 6.07) is 10.4. The molecule has 0 atom stereocenters. The SMILES string of the molecule is CC(C)c1ccc(CNc2cnccc2Cl)cc1. The molecule has 0 unspecified atom stereocenters. The lowest BCUT2D eigenvalue weighted by molar-refractivity contribution is 0.865. The molecule has 0 fully saturated rings. The van der Waals surface area contributed by atoms with Gasteiger partial charge < -0.3 is 5.32 Å². The molecule has 2 aromatic rings. The topological polar surface area (TPSA) is 24.9 Å². The monoisotopic (exact) mass is 260 g/mol. The molecule has 0 aliphatic heterocycles. The van der Waals surface area contributed by atoms with Crippen LogP contribution < -0.4 is 5.32 Å². The van der Waals surface area contributed by atoms with Crippen molar-refractivity contribution in [2.75, 3.05) is 5.32 Å². The van der Waals surface area contributed by atoms with E-state index in [4.69, 9.17) is 11.6 Å². The highest BCUT2D eigenvalue weighted by atomic mass is 35.5.